The lowest BCUT2D eigenvalue weighted by molar-refractivity contribution is -0.148. The van der Waals surface area contributed by atoms with Gasteiger partial charge in [0.1, 0.15) is 0 Å². The van der Waals surface area contributed by atoms with E-state index in [-0.39, 0.29) is 48.3 Å². The number of fused-ring (bicyclic) bond motifs is 2. The molecule has 1 aromatic carbocycles. The number of rotatable bonds is 6. The zero-order chi connectivity index (χ0) is 27.2. The predicted octanol–water partition coefficient (Wildman–Crippen LogP) is 1.75. The molecule has 6 atom stereocenters. The normalized spacial score (nSPS) is 32.9. The number of likely N-dealkylation sites (tertiary alicyclic amines) is 1. The van der Waals surface area contributed by atoms with Crippen molar-refractivity contribution in [3.8, 4) is 0 Å². The zero-order valence-electron chi connectivity index (χ0n) is 22.5. The number of piperidine rings is 1. The summed E-state index contributed by atoms with van der Waals surface area (Å²) in [7, 11) is -2.89. The van der Waals surface area contributed by atoms with Crippen LogP contribution in [-0.4, -0.2) is 79.2 Å². The molecule has 3 saturated heterocycles. The lowest BCUT2D eigenvalue weighted by Crippen LogP contribution is -2.44. The van der Waals surface area contributed by atoms with E-state index in [2.05, 4.69) is 16.0 Å². The number of ether oxygens (including phenoxy) is 1. The fourth-order valence-corrected chi connectivity index (χ4v) is 9.69. The standard InChI is InChI=1S/C27H40N4O6Si/c1-16-24(38(2,3)36)22(13-23(33)31-11-5-7-19(31)15-32)37-27(16)20-12-18(8-9-21(20)30-26(27)35)29-25(34)17-6-4-10-28-14-17/h8-9,12,16-17,19,22,24,28,32,36H,4-7,10-11,13-15H2,1-3H3,(H,29,34)(H,30,35)/t16-,17?,19+,22+,24-,27+/m1/s1. The summed E-state index contributed by atoms with van der Waals surface area (Å²) >= 11 is 0. The van der Waals surface area contributed by atoms with E-state index in [9.17, 15) is 24.3 Å². The SMILES string of the molecule is C[C@@H]1[C@@H]([Si](C)(C)O)[C@H](CC(=O)N2CCC[C@H]2CO)O[C@@]12C(=O)Nc1ccc(NC(=O)C3CCCNC3)cc12. The molecule has 4 heterocycles. The molecule has 4 aliphatic heterocycles. The Hall–Kier alpha value is -2.31. The number of amides is 3. The van der Waals surface area contributed by atoms with Crippen LogP contribution in [0.15, 0.2) is 18.2 Å². The van der Waals surface area contributed by atoms with Crippen molar-refractivity contribution in [1.82, 2.24) is 10.2 Å². The molecule has 3 amide bonds. The van der Waals surface area contributed by atoms with Crippen LogP contribution in [0.3, 0.4) is 0 Å². The van der Waals surface area contributed by atoms with Gasteiger partial charge in [0, 0.05) is 41.5 Å². The van der Waals surface area contributed by atoms with Crippen LogP contribution in [-0.2, 0) is 24.7 Å². The van der Waals surface area contributed by atoms with Crippen LogP contribution in [0.4, 0.5) is 11.4 Å². The number of hydrogen-bond donors (Lipinski definition) is 5. The molecule has 10 nitrogen and oxygen atoms in total. The molecule has 0 aliphatic carbocycles. The quantitative estimate of drug-likeness (QED) is 0.344. The van der Waals surface area contributed by atoms with Crippen LogP contribution < -0.4 is 16.0 Å². The van der Waals surface area contributed by atoms with Crippen LogP contribution in [0.1, 0.15) is 44.6 Å². The van der Waals surface area contributed by atoms with Gasteiger partial charge in [-0.25, -0.2) is 0 Å². The number of benzene rings is 1. The van der Waals surface area contributed by atoms with Gasteiger partial charge in [0.2, 0.25) is 11.8 Å². The van der Waals surface area contributed by atoms with Gasteiger partial charge in [-0.1, -0.05) is 6.92 Å². The van der Waals surface area contributed by atoms with Gasteiger partial charge >= 0.3 is 0 Å². The third kappa shape index (κ3) is 4.68. The summed E-state index contributed by atoms with van der Waals surface area (Å²) in [6.07, 6.45) is 2.78. The van der Waals surface area contributed by atoms with Gasteiger partial charge in [-0.3, -0.25) is 14.4 Å². The smallest absolute Gasteiger partial charge is 0.261 e. The van der Waals surface area contributed by atoms with Crippen molar-refractivity contribution in [3.05, 3.63) is 23.8 Å². The van der Waals surface area contributed by atoms with E-state index in [4.69, 9.17) is 4.74 Å². The Morgan fingerprint density at radius 3 is 2.74 bits per heavy atom. The first-order valence-electron chi connectivity index (χ1n) is 13.8. The molecule has 0 radical (unpaired) electrons. The molecule has 208 valence electrons. The summed E-state index contributed by atoms with van der Waals surface area (Å²) in [5.41, 5.74) is 0.0895. The second kappa shape index (κ2) is 10.3. The van der Waals surface area contributed by atoms with E-state index in [0.29, 0.717) is 30.0 Å². The summed E-state index contributed by atoms with van der Waals surface area (Å²) in [5.74, 6) is -0.999. The van der Waals surface area contributed by atoms with Gasteiger partial charge in [0.15, 0.2) is 13.9 Å². The Morgan fingerprint density at radius 2 is 2.05 bits per heavy atom. The molecular weight excluding hydrogens is 504 g/mol. The van der Waals surface area contributed by atoms with Crippen LogP contribution in [0.5, 0.6) is 0 Å². The van der Waals surface area contributed by atoms with Crippen LogP contribution in [0.25, 0.3) is 0 Å². The van der Waals surface area contributed by atoms with Crippen molar-refractivity contribution in [2.75, 3.05) is 36.9 Å². The molecule has 1 unspecified atom stereocenters. The highest BCUT2D eigenvalue weighted by Gasteiger charge is 2.65. The number of nitrogens with zero attached hydrogens (tertiary/aromatic N) is 1. The van der Waals surface area contributed by atoms with E-state index in [1.807, 2.05) is 20.0 Å². The molecule has 4 aliphatic rings. The molecule has 11 heteroatoms. The highest BCUT2D eigenvalue weighted by atomic mass is 28.4. The second-order valence-electron chi connectivity index (χ2n) is 11.9. The predicted molar refractivity (Wildman–Crippen MR) is 145 cm³/mol. The first kappa shape index (κ1) is 27.3. The number of aliphatic hydroxyl groups is 1. The Kier molecular flexibility index (Phi) is 7.42. The molecule has 1 aromatic rings. The average molecular weight is 545 g/mol. The lowest BCUT2D eigenvalue weighted by Gasteiger charge is -2.32. The Labute approximate surface area is 224 Å². The summed E-state index contributed by atoms with van der Waals surface area (Å²) in [5, 5.41) is 18.9. The molecular formula is C27H40N4O6Si. The topological polar surface area (TPSA) is 140 Å². The van der Waals surface area contributed by atoms with E-state index in [1.165, 1.54) is 0 Å². The summed E-state index contributed by atoms with van der Waals surface area (Å²) in [4.78, 5) is 52.8. The van der Waals surface area contributed by atoms with Gasteiger partial charge in [-0.05, 0) is 63.5 Å². The van der Waals surface area contributed by atoms with Gasteiger partial charge in [-0.15, -0.1) is 0 Å². The van der Waals surface area contributed by atoms with Crippen LogP contribution >= 0.6 is 0 Å². The first-order chi connectivity index (χ1) is 18.1. The molecule has 3 fully saturated rings. The number of aliphatic hydroxyl groups excluding tert-OH is 1. The summed E-state index contributed by atoms with van der Waals surface area (Å²) in [6.45, 7) is 7.63. The van der Waals surface area contributed by atoms with Crippen molar-refractivity contribution < 1.29 is 29.0 Å². The molecule has 5 N–H and O–H groups in total. The largest absolute Gasteiger partial charge is 0.432 e. The van der Waals surface area contributed by atoms with Gasteiger partial charge in [0.05, 0.1) is 31.1 Å². The molecule has 38 heavy (non-hydrogen) atoms. The number of carbonyl (C=O) groups excluding carboxylic acids is 3. The maximum Gasteiger partial charge on any atom is 0.261 e. The maximum atomic E-state index is 13.6. The first-order valence-corrected chi connectivity index (χ1v) is 16.9. The van der Waals surface area contributed by atoms with Crippen molar-refractivity contribution in [2.45, 2.75) is 75.4 Å². The minimum absolute atomic E-state index is 0.0396. The number of anilines is 2. The monoisotopic (exact) mass is 544 g/mol. The third-order valence-corrected chi connectivity index (χ3v) is 11.5. The molecule has 0 aromatic heterocycles. The fraction of sp³-hybridized carbons (Fsp3) is 0.667. The van der Waals surface area contributed by atoms with Gasteiger partial charge in [-0.2, -0.15) is 0 Å². The molecule has 5 rings (SSSR count). The van der Waals surface area contributed by atoms with E-state index >= 15 is 0 Å². The van der Waals surface area contributed by atoms with Crippen molar-refractivity contribution in [1.29, 1.82) is 0 Å². The van der Waals surface area contributed by atoms with Crippen LogP contribution in [0.2, 0.25) is 18.6 Å². The summed E-state index contributed by atoms with van der Waals surface area (Å²) < 4.78 is 6.61. The molecule has 0 bridgehead atoms. The van der Waals surface area contributed by atoms with Crippen molar-refractivity contribution in [2.24, 2.45) is 11.8 Å². The van der Waals surface area contributed by atoms with Crippen molar-refractivity contribution in [3.63, 3.8) is 0 Å². The highest BCUT2D eigenvalue weighted by molar-refractivity contribution is 6.71. The zero-order valence-corrected chi connectivity index (χ0v) is 23.5. The highest BCUT2D eigenvalue weighted by Crippen LogP contribution is 2.58. The Morgan fingerprint density at radius 1 is 1.26 bits per heavy atom. The number of nitrogens with one attached hydrogen (secondary N) is 3. The van der Waals surface area contributed by atoms with E-state index in [1.54, 1.807) is 23.1 Å². The number of carbonyl (C=O) groups is 3. The Bertz CT molecular complexity index is 1100. The average Bonchev–Trinajstić information content (AvgIpc) is 3.55. The van der Waals surface area contributed by atoms with E-state index < -0.39 is 25.9 Å². The second-order valence-corrected chi connectivity index (χ2v) is 15.9. The minimum Gasteiger partial charge on any atom is -0.432 e. The minimum atomic E-state index is -2.89. The fourth-order valence-electron chi connectivity index (χ4n) is 7.14. The maximum absolute atomic E-state index is 13.6. The summed E-state index contributed by atoms with van der Waals surface area (Å²) in [6, 6.07) is 5.15. The van der Waals surface area contributed by atoms with E-state index in [0.717, 1.165) is 32.2 Å². The van der Waals surface area contributed by atoms with Crippen molar-refractivity contribution >= 4 is 37.4 Å². The molecule has 1 spiro atoms. The lowest BCUT2D eigenvalue weighted by atomic mass is 9.82. The third-order valence-electron chi connectivity index (χ3n) is 8.96. The Balaban J connectivity index is 1.44. The van der Waals surface area contributed by atoms with Gasteiger partial charge in [0.25, 0.3) is 5.91 Å². The number of hydrogen-bond acceptors (Lipinski definition) is 7. The van der Waals surface area contributed by atoms with Gasteiger partial charge < -0.3 is 35.5 Å². The molecule has 0 saturated carbocycles. The van der Waals surface area contributed by atoms with Crippen LogP contribution in [0, 0.1) is 11.8 Å².